The molecule has 0 saturated heterocycles. The molecule has 1 heterocycles. The molecule has 3 rings (SSSR count). The van der Waals surface area contributed by atoms with Crippen molar-refractivity contribution in [3.05, 3.63) is 76.3 Å². The van der Waals surface area contributed by atoms with Crippen LogP contribution >= 0.6 is 11.3 Å². The second kappa shape index (κ2) is 7.81. The predicted molar refractivity (Wildman–Crippen MR) is 97.1 cm³/mol. The molecule has 3 aromatic rings. The summed E-state index contributed by atoms with van der Waals surface area (Å²) < 4.78 is 40.0. The summed E-state index contributed by atoms with van der Waals surface area (Å²) in [5, 5.41) is 11.4. The average molecular weight is 406 g/mol. The minimum Gasteiger partial charge on any atom is -0.478 e. The number of thiazole rings is 1. The number of carbonyl (C=O) groups is 2. The molecule has 0 radical (unpaired) electrons. The lowest BCUT2D eigenvalue weighted by Gasteiger charge is -2.07. The summed E-state index contributed by atoms with van der Waals surface area (Å²) in [7, 11) is 0. The lowest BCUT2D eigenvalue weighted by molar-refractivity contribution is -0.141. The van der Waals surface area contributed by atoms with Gasteiger partial charge in [-0.1, -0.05) is 42.5 Å². The molecule has 0 spiro atoms. The number of carbonyl (C=O) groups excluding carboxylic acids is 1. The molecule has 5 nitrogen and oxygen atoms in total. The number of nitrogens with zero attached hydrogens (tertiary/aromatic N) is 1. The van der Waals surface area contributed by atoms with Crippen LogP contribution in [-0.4, -0.2) is 22.0 Å². The van der Waals surface area contributed by atoms with Crippen molar-refractivity contribution in [2.45, 2.75) is 12.7 Å². The van der Waals surface area contributed by atoms with Crippen LogP contribution in [0, 0.1) is 0 Å². The largest absolute Gasteiger partial charge is 0.478 e. The number of amides is 1. The molecule has 144 valence electrons. The number of benzene rings is 2. The highest BCUT2D eigenvalue weighted by atomic mass is 32.1. The van der Waals surface area contributed by atoms with E-state index in [1.807, 2.05) is 0 Å². The van der Waals surface area contributed by atoms with Gasteiger partial charge in [0.15, 0.2) is 5.69 Å². The zero-order valence-electron chi connectivity index (χ0n) is 14.2. The molecule has 0 aliphatic carbocycles. The Morgan fingerprint density at radius 1 is 1.04 bits per heavy atom. The molecular formula is C19H13F3N2O3S. The minimum absolute atomic E-state index is 0.0470. The van der Waals surface area contributed by atoms with Gasteiger partial charge in [-0.25, -0.2) is 9.78 Å². The summed E-state index contributed by atoms with van der Waals surface area (Å²) in [6.45, 7) is -0.0470. The van der Waals surface area contributed by atoms with E-state index in [1.165, 1.54) is 24.3 Å². The Labute approximate surface area is 161 Å². The molecule has 2 N–H and O–H groups in total. The fourth-order valence-electron chi connectivity index (χ4n) is 2.40. The first-order chi connectivity index (χ1) is 13.3. The Morgan fingerprint density at radius 3 is 2.25 bits per heavy atom. The maximum atomic E-state index is 13.3. The Morgan fingerprint density at radius 2 is 1.68 bits per heavy atom. The van der Waals surface area contributed by atoms with E-state index in [0.717, 1.165) is 0 Å². The van der Waals surface area contributed by atoms with Crippen molar-refractivity contribution in [2.24, 2.45) is 0 Å². The highest BCUT2D eigenvalue weighted by Crippen LogP contribution is 2.37. The van der Waals surface area contributed by atoms with Crippen molar-refractivity contribution in [2.75, 3.05) is 0 Å². The second-order valence-corrected chi connectivity index (χ2v) is 6.74. The molecule has 2 aromatic carbocycles. The number of hydrogen-bond acceptors (Lipinski definition) is 4. The van der Waals surface area contributed by atoms with Gasteiger partial charge in [-0.15, -0.1) is 11.3 Å². The van der Waals surface area contributed by atoms with Crippen molar-refractivity contribution in [3.8, 4) is 10.6 Å². The number of alkyl halides is 3. The summed E-state index contributed by atoms with van der Waals surface area (Å²) in [6, 6.07) is 14.0. The number of carboxylic acids is 1. The average Bonchev–Trinajstić information content (AvgIpc) is 3.13. The molecule has 0 atom stereocenters. The molecule has 0 bridgehead atoms. The fraction of sp³-hybridized carbons (Fsp3) is 0.105. The zero-order chi connectivity index (χ0) is 20.3. The van der Waals surface area contributed by atoms with Crippen molar-refractivity contribution >= 4 is 23.2 Å². The molecule has 1 amide bonds. The van der Waals surface area contributed by atoms with E-state index < -0.39 is 28.6 Å². The summed E-state index contributed by atoms with van der Waals surface area (Å²) in [5.41, 5.74) is -0.111. The van der Waals surface area contributed by atoms with Gasteiger partial charge in [-0.3, -0.25) is 4.79 Å². The third kappa shape index (κ3) is 4.37. The fourth-order valence-corrected chi connectivity index (χ4v) is 3.41. The van der Waals surface area contributed by atoms with Crippen LogP contribution in [0.5, 0.6) is 0 Å². The quantitative estimate of drug-likeness (QED) is 0.656. The van der Waals surface area contributed by atoms with Crippen molar-refractivity contribution < 1.29 is 27.9 Å². The summed E-state index contributed by atoms with van der Waals surface area (Å²) >= 11 is 0.668. The van der Waals surface area contributed by atoms with E-state index >= 15 is 0 Å². The van der Waals surface area contributed by atoms with Gasteiger partial charge in [0.25, 0.3) is 5.91 Å². The van der Waals surface area contributed by atoms with Crippen LogP contribution in [0.1, 0.15) is 31.3 Å². The number of nitrogens with one attached hydrogen (secondary N) is 1. The third-order valence-electron chi connectivity index (χ3n) is 3.78. The van der Waals surface area contributed by atoms with Crippen molar-refractivity contribution in [1.82, 2.24) is 10.3 Å². The maximum absolute atomic E-state index is 13.3. The highest BCUT2D eigenvalue weighted by Gasteiger charge is 2.39. The van der Waals surface area contributed by atoms with Crippen LogP contribution in [-0.2, 0) is 12.7 Å². The molecule has 0 unspecified atom stereocenters. The second-order valence-electron chi connectivity index (χ2n) is 5.75. The Hall–Kier alpha value is -3.20. The van der Waals surface area contributed by atoms with Crippen LogP contribution < -0.4 is 5.32 Å². The van der Waals surface area contributed by atoms with E-state index in [1.54, 1.807) is 30.3 Å². The van der Waals surface area contributed by atoms with Crippen LogP contribution in [0.25, 0.3) is 10.6 Å². The van der Waals surface area contributed by atoms with Crippen LogP contribution in [0.4, 0.5) is 13.2 Å². The Balaban J connectivity index is 1.82. The van der Waals surface area contributed by atoms with Gasteiger partial charge >= 0.3 is 12.1 Å². The van der Waals surface area contributed by atoms with Crippen LogP contribution in [0.3, 0.4) is 0 Å². The lowest BCUT2D eigenvalue weighted by atomic mass is 10.1. The van der Waals surface area contributed by atoms with Crippen LogP contribution in [0.15, 0.2) is 54.6 Å². The Kier molecular flexibility index (Phi) is 5.46. The normalized spacial score (nSPS) is 11.2. The number of aromatic nitrogens is 1. The molecular weight excluding hydrogens is 393 g/mol. The SMILES string of the molecule is O=C(O)c1ccc(CNC(=O)c2sc(-c3ccccc3)nc2C(F)(F)F)cc1. The van der Waals surface area contributed by atoms with Crippen LogP contribution in [0.2, 0.25) is 0 Å². The van der Waals surface area contributed by atoms with Gasteiger partial charge in [0, 0.05) is 12.1 Å². The van der Waals surface area contributed by atoms with E-state index in [-0.39, 0.29) is 17.1 Å². The first-order valence-corrected chi connectivity index (χ1v) is 8.81. The standard InChI is InChI=1S/C19H13F3N2O3S/c20-19(21,22)15-14(28-17(24-15)12-4-2-1-3-5-12)16(25)23-10-11-6-8-13(9-7-11)18(26)27/h1-9H,10H2,(H,23,25)(H,26,27). The number of hydrogen-bond donors (Lipinski definition) is 2. The molecule has 0 aliphatic heterocycles. The number of carboxylic acid groups (broad SMARTS) is 1. The first kappa shape index (κ1) is 19.6. The van der Waals surface area contributed by atoms with E-state index in [9.17, 15) is 22.8 Å². The predicted octanol–water partition coefficient (Wildman–Crippen LogP) is 4.46. The Bertz CT molecular complexity index is 1000. The summed E-state index contributed by atoms with van der Waals surface area (Å²) in [5.74, 6) is -1.99. The summed E-state index contributed by atoms with van der Waals surface area (Å²) in [6.07, 6.45) is -4.76. The zero-order valence-corrected chi connectivity index (χ0v) is 15.0. The van der Waals surface area contributed by atoms with Gasteiger partial charge in [-0.2, -0.15) is 13.2 Å². The van der Waals surface area contributed by atoms with Gasteiger partial charge in [0.2, 0.25) is 0 Å². The van der Waals surface area contributed by atoms with Gasteiger partial charge in [-0.05, 0) is 17.7 Å². The van der Waals surface area contributed by atoms with E-state index in [0.29, 0.717) is 22.5 Å². The number of rotatable bonds is 5. The van der Waals surface area contributed by atoms with Gasteiger partial charge < -0.3 is 10.4 Å². The van der Waals surface area contributed by atoms with Crippen molar-refractivity contribution in [3.63, 3.8) is 0 Å². The van der Waals surface area contributed by atoms with E-state index in [2.05, 4.69) is 10.3 Å². The minimum atomic E-state index is -4.76. The van der Waals surface area contributed by atoms with E-state index in [4.69, 9.17) is 5.11 Å². The smallest absolute Gasteiger partial charge is 0.435 e. The first-order valence-electron chi connectivity index (χ1n) is 7.99. The maximum Gasteiger partial charge on any atom is 0.435 e. The molecule has 0 saturated carbocycles. The lowest BCUT2D eigenvalue weighted by Crippen LogP contribution is -2.24. The molecule has 1 aromatic heterocycles. The molecule has 0 aliphatic rings. The molecule has 28 heavy (non-hydrogen) atoms. The van der Waals surface area contributed by atoms with Gasteiger partial charge in [0.1, 0.15) is 9.88 Å². The van der Waals surface area contributed by atoms with Gasteiger partial charge in [0.05, 0.1) is 5.56 Å². The molecule has 0 fully saturated rings. The number of halogens is 3. The molecule has 9 heteroatoms. The third-order valence-corrected chi connectivity index (χ3v) is 4.88. The topological polar surface area (TPSA) is 79.3 Å². The summed E-state index contributed by atoms with van der Waals surface area (Å²) in [4.78, 5) is 26.3. The highest BCUT2D eigenvalue weighted by molar-refractivity contribution is 7.17. The van der Waals surface area contributed by atoms with Crippen molar-refractivity contribution in [1.29, 1.82) is 0 Å². The monoisotopic (exact) mass is 406 g/mol. The number of aromatic carboxylic acids is 1.